The molecular formula is C27H34N2O3. The minimum absolute atomic E-state index is 0.334. The van der Waals surface area contributed by atoms with Gasteiger partial charge >= 0.3 is 5.97 Å². The summed E-state index contributed by atoms with van der Waals surface area (Å²) in [5.41, 5.74) is 1.33. The Labute approximate surface area is 189 Å². The molecule has 1 aromatic heterocycles. The largest absolute Gasteiger partial charge is 0.475 e. The smallest absolute Gasteiger partial charge is 0.377 e. The minimum atomic E-state index is -1.37. The van der Waals surface area contributed by atoms with Gasteiger partial charge in [0.1, 0.15) is 0 Å². The number of hydrogen-bond donors (Lipinski definition) is 1. The predicted molar refractivity (Wildman–Crippen MR) is 124 cm³/mol. The van der Waals surface area contributed by atoms with E-state index in [-0.39, 0.29) is 0 Å². The van der Waals surface area contributed by atoms with Crippen molar-refractivity contribution in [2.24, 2.45) is 11.8 Å². The summed E-state index contributed by atoms with van der Waals surface area (Å²) in [4.78, 5) is 26.8. The molecule has 4 fully saturated rings. The highest BCUT2D eigenvalue weighted by atomic mass is 16.4. The fourth-order valence-corrected chi connectivity index (χ4v) is 7.95. The van der Waals surface area contributed by atoms with E-state index < -0.39 is 11.8 Å². The lowest BCUT2D eigenvalue weighted by Gasteiger charge is -2.55. The summed E-state index contributed by atoms with van der Waals surface area (Å²) in [6.45, 7) is 0. The predicted octanol–water partition coefficient (Wildman–Crippen LogP) is 5.44. The molecule has 2 aliphatic carbocycles. The number of carboxylic acid groups (broad SMARTS) is 1. The van der Waals surface area contributed by atoms with Crippen molar-refractivity contribution in [3.8, 4) is 0 Å². The molecule has 32 heavy (non-hydrogen) atoms. The lowest BCUT2D eigenvalue weighted by Crippen LogP contribution is -2.58. The summed E-state index contributed by atoms with van der Waals surface area (Å²) in [5.74, 6) is -0.276. The molecule has 5 heteroatoms. The van der Waals surface area contributed by atoms with Crippen LogP contribution >= 0.6 is 0 Å². The van der Waals surface area contributed by atoms with Crippen molar-refractivity contribution >= 4 is 22.7 Å². The van der Waals surface area contributed by atoms with Crippen LogP contribution in [0.1, 0.15) is 87.0 Å². The van der Waals surface area contributed by atoms with E-state index in [1.807, 2.05) is 30.5 Å². The second-order valence-corrected chi connectivity index (χ2v) is 10.9. The maximum Gasteiger partial charge on any atom is 0.377 e. The quantitative estimate of drug-likeness (QED) is 0.514. The zero-order valence-corrected chi connectivity index (χ0v) is 18.8. The Kier molecular flexibility index (Phi) is 5.13. The molecule has 4 bridgehead atoms. The van der Waals surface area contributed by atoms with Gasteiger partial charge in [0.05, 0.1) is 5.56 Å². The van der Waals surface area contributed by atoms with E-state index in [0.717, 1.165) is 41.6 Å². The topological polar surface area (TPSA) is 62.5 Å². The number of para-hydroxylation sites is 1. The van der Waals surface area contributed by atoms with Crippen molar-refractivity contribution < 1.29 is 14.7 Å². The number of nitrogens with zero attached hydrogens (tertiary/aromatic N) is 2. The molecule has 0 amide bonds. The molecule has 6 rings (SSSR count). The number of carbonyl (C=O) groups excluding carboxylic acids is 1. The maximum atomic E-state index is 12.4. The van der Waals surface area contributed by atoms with Crippen molar-refractivity contribution in [2.75, 3.05) is 0 Å². The summed E-state index contributed by atoms with van der Waals surface area (Å²) in [6.07, 6.45) is 16.5. The summed E-state index contributed by atoms with van der Waals surface area (Å²) in [5, 5.41) is 10.1. The third-order valence-corrected chi connectivity index (χ3v) is 9.10. The van der Waals surface area contributed by atoms with Crippen LogP contribution in [0.3, 0.4) is 0 Å². The van der Waals surface area contributed by atoms with Gasteiger partial charge in [0, 0.05) is 41.3 Å². The summed E-state index contributed by atoms with van der Waals surface area (Å²) in [6, 6.07) is 10.2. The van der Waals surface area contributed by atoms with Gasteiger partial charge in [0.2, 0.25) is 0 Å². The number of hydrogen-bond acceptors (Lipinski definition) is 3. The molecule has 2 saturated heterocycles. The Morgan fingerprint density at radius 1 is 0.781 bits per heavy atom. The first-order valence-corrected chi connectivity index (χ1v) is 12.7. The van der Waals surface area contributed by atoms with Crippen molar-refractivity contribution in [3.05, 3.63) is 36.0 Å². The fraction of sp³-hybridized carbons (Fsp3) is 0.630. The normalized spacial score (nSPS) is 35.0. The van der Waals surface area contributed by atoms with E-state index in [2.05, 4.69) is 9.47 Å². The highest BCUT2D eigenvalue weighted by Crippen LogP contribution is 2.48. The van der Waals surface area contributed by atoms with Crippen molar-refractivity contribution in [1.82, 2.24) is 9.47 Å². The molecule has 2 aromatic rings. The zero-order chi connectivity index (χ0) is 21.8. The third-order valence-electron chi connectivity index (χ3n) is 9.10. The number of fused-ring (bicyclic) bond motifs is 5. The van der Waals surface area contributed by atoms with Gasteiger partial charge in [0.25, 0.3) is 5.78 Å². The number of benzene rings is 1. The van der Waals surface area contributed by atoms with Gasteiger partial charge in [-0.05, 0) is 62.8 Å². The number of piperidine rings is 2. The van der Waals surface area contributed by atoms with Gasteiger partial charge in [-0.25, -0.2) is 4.79 Å². The summed E-state index contributed by atoms with van der Waals surface area (Å²) in [7, 11) is 0. The van der Waals surface area contributed by atoms with Crippen LogP contribution in [-0.4, -0.2) is 44.5 Å². The van der Waals surface area contributed by atoms with Gasteiger partial charge in [-0.15, -0.1) is 0 Å². The van der Waals surface area contributed by atoms with Crippen LogP contribution in [0.25, 0.3) is 10.9 Å². The first-order valence-electron chi connectivity index (χ1n) is 12.7. The SMILES string of the molecule is O=C(O)C(=O)c1cn(C2C[C@H]3CCC[C@@H](C2)N3C2CC3CCC[C@@H](C3)C2)c2ccccc12. The highest BCUT2D eigenvalue weighted by Gasteiger charge is 2.45. The van der Waals surface area contributed by atoms with E-state index in [4.69, 9.17) is 0 Å². The van der Waals surface area contributed by atoms with Crippen molar-refractivity contribution in [3.63, 3.8) is 0 Å². The molecule has 5 nitrogen and oxygen atoms in total. The van der Waals surface area contributed by atoms with Crippen molar-refractivity contribution in [2.45, 2.75) is 94.8 Å². The number of aromatic nitrogens is 1. The molecule has 4 aliphatic rings. The third kappa shape index (κ3) is 3.40. The second-order valence-electron chi connectivity index (χ2n) is 10.9. The monoisotopic (exact) mass is 434 g/mol. The van der Waals surface area contributed by atoms with Crippen LogP contribution in [0, 0.1) is 11.8 Å². The molecule has 1 N–H and O–H groups in total. The number of ketones is 1. The average molecular weight is 435 g/mol. The standard InChI is InChI=1S/C27H34N2O3/c30-26(27(31)32)24-16-28(25-10-2-1-9-23(24)25)21-14-19-7-4-8-20(15-21)29(19)22-12-17-5-3-6-18(11-17)13-22/h1-2,9-10,16-22H,3-8,11-15H2,(H,31,32)/t17-,18?,19-,20+,21?,22?/m0/s1. The Morgan fingerprint density at radius 2 is 1.44 bits per heavy atom. The van der Waals surface area contributed by atoms with Crippen LogP contribution in [0.15, 0.2) is 30.5 Å². The second kappa shape index (κ2) is 8.02. The molecule has 2 aliphatic heterocycles. The Balaban J connectivity index is 1.30. The van der Waals surface area contributed by atoms with E-state index in [0.29, 0.717) is 23.7 Å². The maximum absolute atomic E-state index is 12.4. The molecule has 1 aromatic carbocycles. The molecule has 3 heterocycles. The number of rotatable bonds is 4. The van der Waals surface area contributed by atoms with Crippen LogP contribution in [0.5, 0.6) is 0 Å². The summed E-state index contributed by atoms with van der Waals surface area (Å²) >= 11 is 0. The van der Waals surface area contributed by atoms with Crippen LogP contribution in [0.4, 0.5) is 0 Å². The number of aliphatic carboxylic acids is 1. The Morgan fingerprint density at radius 3 is 2.12 bits per heavy atom. The van der Waals surface area contributed by atoms with Gasteiger partial charge in [-0.1, -0.05) is 43.9 Å². The molecular weight excluding hydrogens is 400 g/mol. The van der Waals surface area contributed by atoms with E-state index >= 15 is 0 Å². The van der Waals surface area contributed by atoms with E-state index in [1.165, 1.54) is 57.8 Å². The van der Waals surface area contributed by atoms with Gasteiger partial charge < -0.3 is 9.67 Å². The van der Waals surface area contributed by atoms with Crippen molar-refractivity contribution in [1.29, 1.82) is 0 Å². The molecule has 3 unspecified atom stereocenters. The van der Waals surface area contributed by atoms with Crippen LogP contribution in [0.2, 0.25) is 0 Å². The van der Waals surface area contributed by atoms with Crippen LogP contribution in [-0.2, 0) is 4.79 Å². The van der Waals surface area contributed by atoms with Gasteiger partial charge in [0.15, 0.2) is 0 Å². The van der Waals surface area contributed by atoms with E-state index in [9.17, 15) is 14.7 Å². The zero-order valence-electron chi connectivity index (χ0n) is 18.8. The minimum Gasteiger partial charge on any atom is -0.475 e. The lowest BCUT2D eigenvalue weighted by atomic mass is 9.68. The van der Waals surface area contributed by atoms with Crippen LogP contribution < -0.4 is 0 Å². The molecule has 0 spiro atoms. The molecule has 6 atom stereocenters. The highest BCUT2D eigenvalue weighted by molar-refractivity contribution is 6.42. The lowest BCUT2D eigenvalue weighted by molar-refractivity contribution is -0.131. The summed E-state index contributed by atoms with van der Waals surface area (Å²) < 4.78 is 2.24. The molecule has 170 valence electrons. The first kappa shape index (κ1) is 20.5. The Hall–Kier alpha value is -2.14. The number of carboxylic acids is 1. The van der Waals surface area contributed by atoms with E-state index in [1.54, 1.807) is 0 Å². The van der Waals surface area contributed by atoms with Gasteiger partial charge in [-0.2, -0.15) is 0 Å². The molecule has 0 radical (unpaired) electrons. The average Bonchev–Trinajstić information content (AvgIpc) is 3.17. The Bertz CT molecular complexity index is 1020. The van der Waals surface area contributed by atoms with Gasteiger partial charge in [-0.3, -0.25) is 9.69 Å². The number of Topliss-reactive ketones (excluding diaryl/α,β-unsaturated/α-hetero) is 1. The number of carbonyl (C=O) groups is 2. The fourth-order valence-electron chi connectivity index (χ4n) is 7.95. The molecule has 2 saturated carbocycles. The first-order chi connectivity index (χ1) is 15.6.